The summed E-state index contributed by atoms with van der Waals surface area (Å²) in [6, 6.07) is 9.29. The molecule has 1 atom stereocenters. The predicted molar refractivity (Wildman–Crippen MR) is 87.9 cm³/mol. The molecule has 0 spiro atoms. The van der Waals surface area contributed by atoms with Crippen LogP contribution in [0.15, 0.2) is 48.8 Å². The second kappa shape index (κ2) is 7.21. The fourth-order valence-corrected chi connectivity index (χ4v) is 2.79. The number of benzene rings is 1. The topological polar surface area (TPSA) is 62.3 Å². The average molecular weight is 327 g/mol. The molecule has 3 rings (SSSR count). The van der Waals surface area contributed by atoms with E-state index < -0.39 is 11.9 Å². The van der Waals surface area contributed by atoms with Crippen molar-refractivity contribution in [2.45, 2.75) is 25.3 Å². The van der Waals surface area contributed by atoms with Gasteiger partial charge in [-0.2, -0.15) is 0 Å². The van der Waals surface area contributed by atoms with Crippen molar-refractivity contribution in [2.24, 2.45) is 0 Å². The van der Waals surface area contributed by atoms with Crippen LogP contribution < -0.4 is 10.2 Å². The summed E-state index contributed by atoms with van der Waals surface area (Å²) in [5, 5.41) is 2.75. The zero-order valence-electron chi connectivity index (χ0n) is 13.1. The molecule has 1 aromatic carbocycles. The summed E-state index contributed by atoms with van der Waals surface area (Å²) < 4.78 is 13.8. The summed E-state index contributed by atoms with van der Waals surface area (Å²) in [4.78, 5) is 29.8. The Morgan fingerprint density at radius 1 is 1.29 bits per heavy atom. The van der Waals surface area contributed by atoms with Gasteiger partial charge in [0.25, 0.3) is 0 Å². The van der Waals surface area contributed by atoms with E-state index in [1.54, 1.807) is 30.6 Å². The first-order valence-corrected chi connectivity index (χ1v) is 7.89. The summed E-state index contributed by atoms with van der Waals surface area (Å²) in [5.41, 5.74) is 1.23. The number of anilines is 1. The van der Waals surface area contributed by atoms with E-state index in [-0.39, 0.29) is 23.9 Å². The number of carbonyl (C=O) groups excluding carboxylic acids is 2. The van der Waals surface area contributed by atoms with Crippen LogP contribution in [0.2, 0.25) is 0 Å². The van der Waals surface area contributed by atoms with Crippen molar-refractivity contribution in [3.63, 3.8) is 0 Å². The maximum absolute atomic E-state index is 13.8. The van der Waals surface area contributed by atoms with Crippen molar-refractivity contribution in [1.82, 2.24) is 10.3 Å². The van der Waals surface area contributed by atoms with Gasteiger partial charge in [0.15, 0.2) is 0 Å². The molecule has 6 heteroatoms. The minimum Gasteiger partial charge on any atom is -0.344 e. The van der Waals surface area contributed by atoms with Gasteiger partial charge in [0, 0.05) is 25.4 Å². The molecule has 1 fully saturated rings. The highest BCUT2D eigenvalue weighted by molar-refractivity contribution is 6.01. The molecule has 5 nitrogen and oxygen atoms in total. The van der Waals surface area contributed by atoms with Crippen LogP contribution in [0.1, 0.15) is 18.4 Å². The van der Waals surface area contributed by atoms with Gasteiger partial charge in [-0.15, -0.1) is 0 Å². The number of aryl methyl sites for hydroxylation is 1. The Balaban J connectivity index is 1.56. The van der Waals surface area contributed by atoms with Crippen LogP contribution in [0, 0.1) is 5.82 Å². The van der Waals surface area contributed by atoms with Gasteiger partial charge in [0.2, 0.25) is 11.8 Å². The van der Waals surface area contributed by atoms with Crippen LogP contribution in [0.25, 0.3) is 0 Å². The van der Waals surface area contributed by atoms with Crippen LogP contribution in [0.4, 0.5) is 10.1 Å². The minimum absolute atomic E-state index is 0.187. The van der Waals surface area contributed by atoms with E-state index in [0.29, 0.717) is 19.4 Å². The molecule has 0 aliphatic carbocycles. The van der Waals surface area contributed by atoms with Gasteiger partial charge in [-0.1, -0.05) is 18.2 Å². The fraction of sp³-hybridized carbons (Fsp3) is 0.278. The van der Waals surface area contributed by atoms with Crippen molar-refractivity contribution < 1.29 is 14.0 Å². The molecule has 1 saturated heterocycles. The number of amides is 2. The normalized spacial score (nSPS) is 17.1. The van der Waals surface area contributed by atoms with Gasteiger partial charge in [-0.3, -0.25) is 14.6 Å². The highest BCUT2D eigenvalue weighted by atomic mass is 19.1. The Bertz CT molecular complexity index is 736. The van der Waals surface area contributed by atoms with Gasteiger partial charge in [-0.25, -0.2) is 4.39 Å². The zero-order valence-corrected chi connectivity index (χ0v) is 13.1. The number of hydrogen-bond acceptors (Lipinski definition) is 3. The van der Waals surface area contributed by atoms with E-state index >= 15 is 0 Å². The lowest BCUT2D eigenvalue weighted by molar-refractivity contribution is -0.126. The number of nitrogens with one attached hydrogen (secondary N) is 1. The minimum atomic E-state index is -0.592. The second-order valence-electron chi connectivity index (χ2n) is 5.71. The molecular formula is C18H18FN3O2. The van der Waals surface area contributed by atoms with Crippen LogP contribution >= 0.6 is 0 Å². The molecule has 0 unspecified atom stereocenters. The molecule has 2 heterocycles. The van der Waals surface area contributed by atoms with E-state index in [4.69, 9.17) is 0 Å². The van der Waals surface area contributed by atoms with Crippen LogP contribution in [0.3, 0.4) is 0 Å². The third kappa shape index (κ3) is 3.59. The lowest BCUT2D eigenvalue weighted by atomic mass is 10.1. The Morgan fingerprint density at radius 3 is 2.88 bits per heavy atom. The number of para-hydroxylation sites is 1. The monoisotopic (exact) mass is 327 g/mol. The fourth-order valence-electron chi connectivity index (χ4n) is 2.79. The number of aromatic nitrogens is 1. The quantitative estimate of drug-likeness (QED) is 0.914. The third-order valence-corrected chi connectivity index (χ3v) is 4.05. The highest BCUT2D eigenvalue weighted by Crippen LogP contribution is 2.24. The molecule has 2 aromatic rings. The molecule has 1 aliphatic heterocycles. The molecule has 0 radical (unpaired) electrons. The zero-order chi connectivity index (χ0) is 16.9. The highest BCUT2D eigenvalue weighted by Gasteiger charge is 2.34. The van der Waals surface area contributed by atoms with Crippen molar-refractivity contribution in [2.75, 3.05) is 11.4 Å². The van der Waals surface area contributed by atoms with Crippen molar-refractivity contribution in [1.29, 1.82) is 0 Å². The summed E-state index contributed by atoms with van der Waals surface area (Å²) in [6.07, 6.45) is 4.73. The van der Waals surface area contributed by atoms with Crippen LogP contribution in [-0.4, -0.2) is 29.4 Å². The first-order valence-electron chi connectivity index (χ1n) is 7.89. The Kier molecular flexibility index (Phi) is 4.84. The third-order valence-electron chi connectivity index (χ3n) is 4.05. The molecular weight excluding hydrogens is 309 g/mol. The molecule has 1 aliphatic rings. The van der Waals surface area contributed by atoms with Crippen LogP contribution in [0.5, 0.6) is 0 Å². The largest absolute Gasteiger partial charge is 0.344 e. The van der Waals surface area contributed by atoms with Crippen molar-refractivity contribution in [3.8, 4) is 0 Å². The van der Waals surface area contributed by atoms with Gasteiger partial charge >= 0.3 is 0 Å². The summed E-state index contributed by atoms with van der Waals surface area (Å²) >= 11 is 0. The van der Waals surface area contributed by atoms with E-state index in [2.05, 4.69) is 10.3 Å². The molecule has 2 amide bonds. The number of pyridine rings is 1. The number of nitrogens with zero attached hydrogens (tertiary/aromatic N) is 2. The van der Waals surface area contributed by atoms with Crippen LogP contribution in [-0.2, 0) is 16.0 Å². The van der Waals surface area contributed by atoms with Gasteiger partial charge in [0.05, 0.1) is 5.69 Å². The number of halogens is 1. The Labute approximate surface area is 139 Å². The average Bonchev–Trinajstić information content (AvgIpc) is 2.95. The molecule has 0 saturated carbocycles. The number of hydrogen-bond donors (Lipinski definition) is 1. The molecule has 0 bridgehead atoms. The summed E-state index contributed by atoms with van der Waals surface area (Å²) in [6.45, 7) is 0.396. The van der Waals surface area contributed by atoms with Crippen molar-refractivity contribution >= 4 is 17.5 Å². The molecule has 1 N–H and O–H groups in total. The second-order valence-corrected chi connectivity index (χ2v) is 5.71. The molecule has 24 heavy (non-hydrogen) atoms. The smallest absolute Gasteiger partial charge is 0.249 e. The maximum atomic E-state index is 13.8. The lowest BCUT2D eigenvalue weighted by Crippen LogP contribution is -2.41. The lowest BCUT2D eigenvalue weighted by Gasteiger charge is -2.17. The number of carbonyl (C=O) groups is 2. The maximum Gasteiger partial charge on any atom is 0.249 e. The standard InChI is InChI=1S/C18H18FN3O2/c19-14-5-1-2-6-16(14)22-11-9-15(18(22)24)21-17(23)8-7-13-4-3-10-20-12-13/h1-6,10,12,15H,7-9,11H2,(H,21,23)/t15-/m1/s1. The van der Waals surface area contributed by atoms with Gasteiger partial charge in [-0.05, 0) is 36.6 Å². The summed E-state index contributed by atoms with van der Waals surface area (Å²) in [7, 11) is 0. The van der Waals surface area contributed by atoms with Gasteiger partial charge in [0.1, 0.15) is 11.9 Å². The van der Waals surface area contributed by atoms with E-state index in [9.17, 15) is 14.0 Å². The Hall–Kier alpha value is -2.76. The SMILES string of the molecule is O=C(CCc1cccnc1)N[C@@H]1CCN(c2ccccc2F)C1=O. The van der Waals surface area contributed by atoms with E-state index in [1.165, 1.54) is 11.0 Å². The predicted octanol–water partition coefficient (Wildman–Crippen LogP) is 2.08. The summed E-state index contributed by atoms with van der Waals surface area (Å²) in [5.74, 6) is -0.892. The number of rotatable bonds is 5. The first-order chi connectivity index (χ1) is 11.6. The molecule has 1 aromatic heterocycles. The Morgan fingerprint density at radius 2 is 2.12 bits per heavy atom. The molecule has 124 valence electrons. The van der Waals surface area contributed by atoms with Crippen molar-refractivity contribution in [3.05, 3.63) is 60.2 Å². The van der Waals surface area contributed by atoms with Gasteiger partial charge < -0.3 is 10.2 Å². The van der Waals surface area contributed by atoms with E-state index in [0.717, 1.165) is 5.56 Å². The first kappa shape index (κ1) is 16.1. The van der Waals surface area contributed by atoms with E-state index in [1.807, 2.05) is 12.1 Å².